The number of hydrogen-bond donors (Lipinski definition) is 2. The average molecular weight is 376 g/mol. The number of hydrogen-bond acceptors (Lipinski definition) is 6. The third-order valence-corrected chi connectivity index (χ3v) is 4.87. The second-order valence-corrected chi connectivity index (χ2v) is 6.77. The number of rotatable bonds is 8. The van der Waals surface area contributed by atoms with E-state index in [1.165, 1.54) is 11.3 Å². The molecule has 0 atom stereocenters. The van der Waals surface area contributed by atoms with Gasteiger partial charge in [-0.15, -0.1) is 11.3 Å². The largest absolute Gasteiger partial charge is 0.495 e. The number of thiophene rings is 1. The van der Waals surface area contributed by atoms with Gasteiger partial charge in [0.2, 0.25) is 5.91 Å². The van der Waals surface area contributed by atoms with Crippen LogP contribution >= 0.6 is 11.3 Å². The van der Waals surface area contributed by atoms with Gasteiger partial charge in [0.15, 0.2) is 0 Å². The van der Waals surface area contributed by atoms with Gasteiger partial charge in [-0.2, -0.15) is 0 Å². The van der Waals surface area contributed by atoms with Crippen molar-refractivity contribution in [2.45, 2.75) is 27.2 Å². The van der Waals surface area contributed by atoms with Crippen LogP contribution in [0.1, 0.15) is 34.6 Å². The molecule has 26 heavy (non-hydrogen) atoms. The van der Waals surface area contributed by atoms with E-state index >= 15 is 0 Å². The van der Waals surface area contributed by atoms with Gasteiger partial charge in [-0.3, -0.25) is 4.79 Å². The molecule has 0 aliphatic heterocycles. The normalized spacial score (nSPS) is 10.3. The topological polar surface area (TPSA) is 76.7 Å². The van der Waals surface area contributed by atoms with E-state index in [2.05, 4.69) is 10.6 Å². The van der Waals surface area contributed by atoms with Crippen LogP contribution in [0.4, 0.5) is 10.7 Å². The van der Waals surface area contributed by atoms with Crippen LogP contribution in [0.15, 0.2) is 24.3 Å². The number of anilines is 2. The molecule has 7 heteroatoms. The SMILES string of the molecule is CCOC(=O)c1cc(CC)sc1NC(=O)CNc1cc(C)ccc1OC. The zero-order valence-electron chi connectivity index (χ0n) is 15.5. The molecule has 140 valence electrons. The molecule has 1 aromatic carbocycles. The summed E-state index contributed by atoms with van der Waals surface area (Å²) in [5.74, 6) is -0.00400. The van der Waals surface area contributed by atoms with Crippen LogP contribution in [0, 0.1) is 6.92 Å². The Morgan fingerprint density at radius 2 is 1.96 bits per heavy atom. The van der Waals surface area contributed by atoms with E-state index < -0.39 is 5.97 Å². The Morgan fingerprint density at radius 3 is 2.62 bits per heavy atom. The van der Waals surface area contributed by atoms with E-state index in [1.807, 2.05) is 32.0 Å². The second-order valence-electron chi connectivity index (χ2n) is 5.64. The Kier molecular flexibility index (Phi) is 7.03. The van der Waals surface area contributed by atoms with E-state index in [0.29, 0.717) is 16.3 Å². The lowest BCUT2D eigenvalue weighted by Gasteiger charge is -2.12. The van der Waals surface area contributed by atoms with Crippen molar-refractivity contribution in [3.8, 4) is 5.75 Å². The Labute approximate surface area is 157 Å². The lowest BCUT2D eigenvalue weighted by molar-refractivity contribution is -0.114. The minimum atomic E-state index is -0.424. The van der Waals surface area contributed by atoms with Crippen LogP contribution in [-0.4, -0.2) is 32.1 Å². The summed E-state index contributed by atoms with van der Waals surface area (Å²) in [5, 5.41) is 6.39. The summed E-state index contributed by atoms with van der Waals surface area (Å²) >= 11 is 1.39. The minimum absolute atomic E-state index is 0.0570. The van der Waals surface area contributed by atoms with Crippen LogP contribution in [0.2, 0.25) is 0 Å². The molecular formula is C19H24N2O4S. The number of benzene rings is 1. The highest BCUT2D eigenvalue weighted by molar-refractivity contribution is 7.16. The van der Waals surface area contributed by atoms with Crippen molar-refractivity contribution in [1.82, 2.24) is 0 Å². The van der Waals surface area contributed by atoms with Crippen molar-refractivity contribution in [2.75, 3.05) is 30.9 Å². The molecule has 0 fully saturated rings. The molecule has 0 saturated carbocycles. The maximum Gasteiger partial charge on any atom is 0.341 e. The van der Waals surface area contributed by atoms with Crippen molar-refractivity contribution in [3.63, 3.8) is 0 Å². The van der Waals surface area contributed by atoms with Gasteiger partial charge in [-0.1, -0.05) is 13.0 Å². The third kappa shape index (κ3) is 4.98. The van der Waals surface area contributed by atoms with Gasteiger partial charge >= 0.3 is 5.97 Å². The minimum Gasteiger partial charge on any atom is -0.495 e. The Morgan fingerprint density at radius 1 is 1.19 bits per heavy atom. The van der Waals surface area contributed by atoms with Crippen molar-refractivity contribution < 1.29 is 19.1 Å². The number of carbonyl (C=O) groups excluding carboxylic acids is 2. The van der Waals surface area contributed by atoms with Gasteiger partial charge in [0.1, 0.15) is 10.8 Å². The van der Waals surface area contributed by atoms with E-state index in [-0.39, 0.29) is 19.1 Å². The monoisotopic (exact) mass is 376 g/mol. The quantitative estimate of drug-likeness (QED) is 0.684. The van der Waals surface area contributed by atoms with Crippen molar-refractivity contribution in [3.05, 3.63) is 40.3 Å². The van der Waals surface area contributed by atoms with Crippen LogP contribution in [0.3, 0.4) is 0 Å². The van der Waals surface area contributed by atoms with Gasteiger partial charge in [-0.05, 0) is 44.0 Å². The molecule has 0 unspecified atom stereocenters. The molecule has 0 radical (unpaired) electrons. The zero-order chi connectivity index (χ0) is 19.1. The van der Waals surface area contributed by atoms with Gasteiger partial charge in [0, 0.05) is 4.88 Å². The van der Waals surface area contributed by atoms with Gasteiger partial charge in [-0.25, -0.2) is 4.79 Å². The third-order valence-electron chi connectivity index (χ3n) is 3.67. The average Bonchev–Trinajstić information content (AvgIpc) is 3.03. The van der Waals surface area contributed by atoms with Crippen LogP contribution in [-0.2, 0) is 16.0 Å². The highest BCUT2D eigenvalue weighted by Crippen LogP contribution is 2.29. The number of carbonyl (C=O) groups is 2. The number of nitrogens with one attached hydrogen (secondary N) is 2. The van der Waals surface area contributed by atoms with Crippen molar-refractivity contribution in [1.29, 1.82) is 0 Å². The molecule has 0 spiro atoms. The fourth-order valence-corrected chi connectivity index (χ4v) is 3.38. The first-order chi connectivity index (χ1) is 12.5. The molecule has 0 aliphatic rings. The summed E-state index contributed by atoms with van der Waals surface area (Å²) < 4.78 is 10.4. The number of aryl methyl sites for hydroxylation is 2. The predicted molar refractivity (Wildman–Crippen MR) is 105 cm³/mol. The molecule has 6 nitrogen and oxygen atoms in total. The summed E-state index contributed by atoms with van der Waals surface area (Å²) in [4.78, 5) is 25.4. The Bertz CT molecular complexity index is 786. The fourth-order valence-electron chi connectivity index (χ4n) is 2.38. The molecule has 0 saturated heterocycles. The van der Waals surface area contributed by atoms with Crippen LogP contribution in [0.25, 0.3) is 0 Å². The number of amides is 1. The molecule has 2 rings (SSSR count). The first-order valence-corrected chi connectivity index (χ1v) is 9.28. The molecule has 2 N–H and O–H groups in total. The van der Waals surface area contributed by atoms with E-state index in [9.17, 15) is 9.59 Å². The zero-order valence-corrected chi connectivity index (χ0v) is 16.3. The van der Waals surface area contributed by atoms with E-state index in [1.54, 1.807) is 20.1 Å². The lowest BCUT2D eigenvalue weighted by Crippen LogP contribution is -2.22. The molecule has 1 amide bonds. The van der Waals surface area contributed by atoms with Crippen molar-refractivity contribution in [2.24, 2.45) is 0 Å². The maximum absolute atomic E-state index is 12.3. The highest BCUT2D eigenvalue weighted by atomic mass is 32.1. The molecular weight excluding hydrogens is 352 g/mol. The van der Waals surface area contributed by atoms with Gasteiger partial charge in [0.05, 0.1) is 31.5 Å². The summed E-state index contributed by atoms with van der Waals surface area (Å²) in [7, 11) is 1.58. The van der Waals surface area contributed by atoms with Crippen LogP contribution < -0.4 is 15.4 Å². The number of methoxy groups -OCH3 is 1. The molecule has 0 aliphatic carbocycles. The van der Waals surface area contributed by atoms with Gasteiger partial charge in [0.25, 0.3) is 0 Å². The fraction of sp³-hybridized carbons (Fsp3) is 0.368. The smallest absolute Gasteiger partial charge is 0.341 e. The number of esters is 1. The molecule has 1 heterocycles. The highest BCUT2D eigenvalue weighted by Gasteiger charge is 2.18. The molecule has 1 aromatic heterocycles. The Balaban J connectivity index is 2.07. The second kappa shape index (κ2) is 9.24. The number of ether oxygens (including phenoxy) is 2. The first kappa shape index (κ1) is 19.8. The summed E-state index contributed by atoms with van der Waals surface area (Å²) in [6, 6.07) is 7.47. The summed E-state index contributed by atoms with van der Waals surface area (Å²) in [6.45, 7) is 6.06. The summed E-state index contributed by atoms with van der Waals surface area (Å²) in [6.07, 6.45) is 0.783. The first-order valence-electron chi connectivity index (χ1n) is 8.46. The summed E-state index contributed by atoms with van der Waals surface area (Å²) in [5.41, 5.74) is 2.20. The Hall–Kier alpha value is -2.54. The molecule has 0 bridgehead atoms. The van der Waals surface area contributed by atoms with Gasteiger partial charge < -0.3 is 20.1 Å². The van der Waals surface area contributed by atoms with Crippen molar-refractivity contribution >= 4 is 33.9 Å². The standard InChI is InChI=1S/C19H24N2O4S/c1-5-13-10-14(19(23)25-6-2)18(26-13)21-17(22)11-20-15-9-12(3)7-8-16(15)24-4/h7-10,20H,5-6,11H2,1-4H3,(H,21,22). The van der Waals surface area contributed by atoms with E-state index in [0.717, 1.165) is 22.5 Å². The van der Waals surface area contributed by atoms with E-state index in [4.69, 9.17) is 9.47 Å². The predicted octanol–water partition coefficient (Wildman–Crippen LogP) is 3.85. The van der Waals surface area contributed by atoms with Crippen LogP contribution in [0.5, 0.6) is 5.75 Å². The maximum atomic E-state index is 12.3. The molecule has 2 aromatic rings. The lowest BCUT2D eigenvalue weighted by atomic mass is 10.2.